The molecule has 1 unspecified atom stereocenters. The maximum absolute atomic E-state index is 12.4. The van der Waals surface area contributed by atoms with Crippen molar-refractivity contribution in [3.05, 3.63) is 25.3 Å². The van der Waals surface area contributed by atoms with E-state index in [9.17, 15) is 28.8 Å². The summed E-state index contributed by atoms with van der Waals surface area (Å²) < 4.78 is 20.3. The highest BCUT2D eigenvalue weighted by Gasteiger charge is 2.22. The molecule has 0 radical (unpaired) electrons. The third-order valence-corrected chi connectivity index (χ3v) is 8.12. The summed E-state index contributed by atoms with van der Waals surface area (Å²) in [5.41, 5.74) is -0.0747. The molecule has 292 valence electrons. The van der Waals surface area contributed by atoms with Crippen molar-refractivity contribution >= 4 is 35.7 Å². The number of hydrogen-bond acceptors (Lipinski definition) is 10. The SMILES string of the molecule is C=CC(=O)OCCCCCC(=O)OCCCCCC(=O)NCCC(C)CC(C)(C)CNC(=O)CCCCCOC(=O)CCCCCOC(=O)C=C. The van der Waals surface area contributed by atoms with Crippen molar-refractivity contribution in [1.29, 1.82) is 0 Å². The Labute approximate surface area is 306 Å². The van der Waals surface area contributed by atoms with Crippen molar-refractivity contribution in [2.24, 2.45) is 11.3 Å². The summed E-state index contributed by atoms with van der Waals surface area (Å²) in [6, 6.07) is 0. The Kier molecular flexibility index (Phi) is 28.8. The molecule has 2 amide bonds. The fourth-order valence-electron chi connectivity index (χ4n) is 5.30. The predicted octanol–water partition coefficient (Wildman–Crippen LogP) is 6.45. The quantitative estimate of drug-likeness (QED) is 0.0333. The first-order chi connectivity index (χ1) is 24.4. The van der Waals surface area contributed by atoms with Gasteiger partial charge in [0.1, 0.15) is 0 Å². The van der Waals surface area contributed by atoms with Crippen LogP contribution in [-0.4, -0.2) is 75.2 Å². The number of unbranched alkanes of at least 4 members (excludes halogenated alkanes) is 8. The van der Waals surface area contributed by atoms with Gasteiger partial charge in [0.15, 0.2) is 0 Å². The fraction of sp³-hybridized carbons (Fsp3) is 0.744. The van der Waals surface area contributed by atoms with Gasteiger partial charge < -0.3 is 29.6 Å². The maximum Gasteiger partial charge on any atom is 0.330 e. The molecule has 0 spiro atoms. The van der Waals surface area contributed by atoms with Gasteiger partial charge in [0.05, 0.1) is 26.4 Å². The Hall–Kier alpha value is -3.70. The zero-order valence-corrected chi connectivity index (χ0v) is 31.7. The van der Waals surface area contributed by atoms with Gasteiger partial charge >= 0.3 is 23.9 Å². The van der Waals surface area contributed by atoms with Gasteiger partial charge in [-0.2, -0.15) is 0 Å². The molecule has 0 aliphatic rings. The molecular weight excluding hydrogens is 656 g/mol. The van der Waals surface area contributed by atoms with E-state index in [1.54, 1.807) is 0 Å². The molecule has 0 aromatic carbocycles. The van der Waals surface area contributed by atoms with Crippen LogP contribution in [0.15, 0.2) is 25.3 Å². The van der Waals surface area contributed by atoms with Crippen LogP contribution in [0.4, 0.5) is 0 Å². The molecule has 0 aromatic heterocycles. The molecule has 12 heteroatoms. The number of ether oxygens (including phenoxy) is 4. The number of rotatable bonds is 33. The summed E-state index contributed by atoms with van der Waals surface area (Å²) in [6.07, 6.45) is 14.4. The lowest BCUT2D eigenvalue weighted by molar-refractivity contribution is -0.144. The molecule has 1 atom stereocenters. The summed E-state index contributed by atoms with van der Waals surface area (Å²) in [4.78, 5) is 70.1. The number of hydrogen-bond donors (Lipinski definition) is 2. The highest BCUT2D eigenvalue weighted by Crippen LogP contribution is 2.26. The minimum Gasteiger partial charge on any atom is -0.466 e. The molecule has 0 aliphatic carbocycles. The summed E-state index contributed by atoms with van der Waals surface area (Å²) in [7, 11) is 0. The van der Waals surface area contributed by atoms with Crippen molar-refractivity contribution in [2.45, 2.75) is 136 Å². The Morgan fingerprint density at radius 3 is 1.39 bits per heavy atom. The van der Waals surface area contributed by atoms with Gasteiger partial charge in [-0.3, -0.25) is 19.2 Å². The van der Waals surface area contributed by atoms with Crippen LogP contribution >= 0.6 is 0 Å². The summed E-state index contributed by atoms with van der Waals surface area (Å²) in [5.74, 6) is -0.907. The average molecular weight is 723 g/mol. The standard InChI is InChI=1S/C39H66N2O10/c1-6-35(44)48-26-18-10-14-22-37(46)50-28-16-8-12-20-33(42)40-25-24-32(3)30-39(4,5)31-41-34(43)21-13-9-17-29-51-38(47)23-15-11-19-27-49-36(45)7-2/h6-7,32H,1-2,8-31H2,3-5H3,(H,40,42)(H,41,43). The van der Waals surface area contributed by atoms with Gasteiger partial charge in [-0.15, -0.1) is 0 Å². The lowest BCUT2D eigenvalue weighted by atomic mass is 9.82. The van der Waals surface area contributed by atoms with E-state index in [4.69, 9.17) is 18.9 Å². The van der Waals surface area contributed by atoms with E-state index < -0.39 is 11.9 Å². The molecular formula is C39H66N2O10. The number of carbonyl (C=O) groups excluding carboxylic acids is 6. The molecule has 0 aliphatic heterocycles. The Balaban J connectivity index is 3.76. The van der Waals surface area contributed by atoms with Crippen LogP contribution < -0.4 is 10.6 Å². The van der Waals surface area contributed by atoms with Crippen LogP contribution in [0.25, 0.3) is 0 Å². The van der Waals surface area contributed by atoms with E-state index in [1.807, 2.05) is 0 Å². The van der Waals surface area contributed by atoms with Crippen molar-refractivity contribution in [2.75, 3.05) is 39.5 Å². The maximum atomic E-state index is 12.4. The van der Waals surface area contributed by atoms with Gasteiger partial charge in [-0.05, 0) is 101 Å². The highest BCUT2D eigenvalue weighted by atomic mass is 16.5. The van der Waals surface area contributed by atoms with Gasteiger partial charge in [-0.1, -0.05) is 33.9 Å². The number of carbonyl (C=O) groups is 6. The minimum atomic E-state index is -0.439. The van der Waals surface area contributed by atoms with Gasteiger partial charge in [-0.25, -0.2) is 9.59 Å². The molecule has 0 aromatic rings. The molecule has 0 fully saturated rings. The molecule has 2 N–H and O–H groups in total. The van der Waals surface area contributed by atoms with Crippen LogP contribution in [0.2, 0.25) is 0 Å². The van der Waals surface area contributed by atoms with Crippen LogP contribution in [0, 0.1) is 11.3 Å². The number of esters is 4. The molecule has 0 rings (SSSR count). The zero-order chi connectivity index (χ0) is 38.2. The normalized spacial score (nSPS) is 11.5. The first-order valence-corrected chi connectivity index (χ1v) is 18.8. The van der Waals surface area contributed by atoms with Crippen LogP contribution in [0.3, 0.4) is 0 Å². The Morgan fingerprint density at radius 2 is 0.961 bits per heavy atom. The number of amides is 2. The second kappa shape index (κ2) is 31.1. The third-order valence-electron chi connectivity index (χ3n) is 8.12. The molecule has 51 heavy (non-hydrogen) atoms. The topological polar surface area (TPSA) is 163 Å². The van der Waals surface area contributed by atoms with E-state index in [0.717, 1.165) is 76.4 Å². The van der Waals surface area contributed by atoms with Crippen molar-refractivity contribution < 1.29 is 47.7 Å². The Morgan fingerprint density at radius 1 is 0.569 bits per heavy atom. The van der Waals surface area contributed by atoms with E-state index in [1.165, 1.54) is 0 Å². The van der Waals surface area contributed by atoms with Gasteiger partial charge in [0, 0.05) is 50.9 Å². The lowest BCUT2D eigenvalue weighted by Gasteiger charge is -2.28. The minimum absolute atomic E-state index is 0.0225. The third kappa shape index (κ3) is 32.0. The van der Waals surface area contributed by atoms with E-state index >= 15 is 0 Å². The largest absolute Gasteiger partial charge is 0.466 e. The molecule has 0 saturated carbocycles. The van der Waals surface area contributed by atoms with Crippen molar-refractivity contribution in [3.8, 4) is 0 Å². The predicted molar refractivity (Wildman–Crippen MR) is 196 cm³/mol. The van der Waals surface area contributed by atoms with Crippen molar-refractivity contribution in [1.82, 2.24) is 10.6 Å². The van der Waals surface area contributed by atoms with Crippen LogP contribution in [0.5, 0.6) is 0 Å². The molecule has 0 bridgehead atoms. The average Bonchev–Trinajstić information content (AvgIpc) is 3.09. The molecule has 0 saturated heterocycles. The first kappa shape index (κ1) is 47.3. The van der Waals surface area contributed by atoms with E-state index in [-0.39, 0.29) is 29.2 Å². The van der Waals surface area contributed by atoms with Crippen molar-refractivity contribution in [3.63, 3.8) is 0 Å². The van der Waals surface area contributed by atoms with E-state index in [2.05, 4.69) is 44.6 Å². The smallest absolute Gasteiger partial charge is 0.330 e. The number of nitrogens with one attached hydrogen (secondary N) is 2. The fourth-order valence-corrected chi connectivity index (χ4v) is 5.30. The second-order valence-electron chi connectivity index (χ2n) is 13.8. The van der Waals surface area contributed by atoms with E-state index in [0.29, 0.717) is 96.8 Å². The second-order valence-corrected chi connectivity index (χ2v) is 13.8. The molecule has 0 heterocycles. The van der Waals surface area contributed by atoms with Gasteiger partial charge in [0.2, 0.25) is 11.8 Å². The Bertz CT molecular complexity index is 1040. The lowest BCUT2D eigenvalue weighted by Crippen LogP contribution is -2.35. The molecule has 12 nitrogen and oxygen atoms in total. The highest BCUT2D eigenvalue weighted by molar-refractivity contribution is 5.81. The van der Waals surface area contributed by atoms with Crippen LogP contribution in [0.1, 0.15) is 136 Å². The monoisotopic (exact) mass is 722 g/mol. The first-order valence-electron chi connectivity index (χ1n) is 18.8. The summed E-state index contributed by atoms with van der Waals surface area (Å²) in [5, 5.41) is 6.05. The van der Waals surface area contributed by atoms with Gasteiger partial charge in [0.25, 0.3) is 0 Å². The van der Waals surface area contributed by atoms with Crippen LogP contribution in [-0.2, 0) is 47.7 Å². The summed E-state index contributed by atoms with van der Waals surface area (Å²) in [6.45, 7) is 15.7. The summed E-state index contributed by atoms with van der Waals surface area (Å²) >= 11 is 0. The zero-order valence-electron chi connectivity index (χ0n) is 31.7.